The number of phenolic OH excluding ortho intramolecular Hbond substituents is 1. The summed E-state index contributed by atoms with van der Waals surface area (Å²) < 4.78 is 13.3. The zero-order chi connectivity index (χ0) is 9.84. The van der Waals surface area contributed by atoms with Gasteiger partial charge in [0.2, 0.25) is 0 Å². The Balaban J connectivity index is 2.88. The molecular weight excluding hydrogens is 237 g/mol. The minimum atomic E-state index is -0.357. The molecular formula is C9H11BrFNO. The topological polar surface area (TPSA) is 46.2 Å². The molecule has 0 saturated carbocycles. The van der Waals surface area contributed by atoms with E-state index in [1.807, 2.05) is 0 Å². The summed E-state index contributed by atoms with van der Waals surface area (Å²) in [6.07, 6.45) is 1.35. The summed E-state index contributed by atoms with van der Waals surface area (Å²) in [5.74, 6) is -0.244. The summed E-state index contributed by atoms with van der Waals surface area (Å²) in [5.41, 5.74) is 5.91. The van der Waals surface area contributed by atoms with Crippen molar-refractivity contribution >= 4 is 15.9 Å². The molecule has 0 spiro atoms. The number of hydrogen-bond acceptors (Lipinski definition) is 2. The molecule has 0 aromatic heterocycles. The third kappa shape index (κ3) is 2.67. The summed E-state index contributed by atoms with van der Waals surface area (Å²) in [7, 11) is 0. The predicted molar refractivity (Wildman–Crippen MR) is 53.1 cm³/mol. The number of aryl methyl sites for hydroxylation is 1. The van der Waals surface area contributed by atoms with Crippen molar-refractivity contribution in [3.63, 3.8) is 0 Å². The average Bonchev–Trinajstić information content (AvgIpc) is 2.09. The third-order valence-electron chi connectivity index (χ3n) is 1.77. The van der Waals surface area contributed by atoms with Gasteiger partial charge in [-0.3, -0.25) is 0 Å². The maximum atomic E-state index is 13.0. The zero-order valence-corrected chi connectivity index (χ0v) is 8.64. The van der Waals surface area contributed by atoms with Crippen LogP contribution < -0.4 is 5.73 Å². The van der Waals surface area contributed by atoms with E-state index in [-0.39, 0.29) is 16.0 Å². The molecule has 13 heavy (non-hydrogen) atoms. The standard InChI is InChI=1S/C9H11BrFNO/c10-7-5-9(13)6(2-1-3-12)4-8(7)11/h4-5,13H,1-3,12H2. The molecule has 1 aromatic rings. The molecule has 2 nitrogen and oxygen atoms in total. The lowest BCUT2D eigenvalue weighted by molar-refractivity contribution is 0.463. The Labute approximate surface area is 84.7 Å². The van der Waals surface area contributed by atoms with Crippen LogP contribution in [0.2, 0.25) is 0 Å². The number of nitrogens with two attached hydrogens (primary N) is 1. The van der Waals surface area contributed by atoms with Crippen molar-refractivity contribution < 1.29 is 9.50 Å². The first kappa shape index (κ1) is 10.5. The summed E-state index contributed by atoms with van der Waals surface area (Å²) in [6, 6.07) is 2.69. The Kier molecular flexibility index (Phi) is 3.69. The molecule has 0 radical (unpaired) electrons. The van der Waals surface area contributed by atoms with E-state index in [2.05, 4.69) is 15.9 Å². The largest absolute Gasteiger partial charge is 0.508 e. The van der Waals surface area contributed by atoms with Gasteiger partial charge in [0.1, 0.15) is 11.6 Å². The van der Waals surface area contributed by atoms with Gasteiger partial charge >= 0.3 is 0 Å². The number of hydrogen-bond donors (Lipinski definition) is 2. The highest BCUT2D eigenvalue weighted by Crippen LogP contribution is 2.26. The van der Waals surface area contributed by atoms with Crippen LogP contribution in [-0.2, 0) is 6.42 Å². The summed E-state index contributed by atoms with van der Waals surface area (Å²) >= 11 is 2.99. The molecule has 1 aromatic carbocycles. The van der Waals surface area contributed by atoms with Gasteiger partial charge in [-0.25, -0.2) is 4.39 Å². The number of aromatic hydroxyl groups is 1. The molecule has 1 rings (SSSR count). The van der Waals surface area contributed by atoms with E-state index in [1.165, 1.54) is 12.1 Å². The Morgan fingerprint density at radius 2 is 2.15 bits per heavy atom. The van der Waals surface area contributed by atoms with Crippen molar-refractivity contribution in [2.24, 2.45) is 5.73 Å². The Morgan fingerprint density at radius 3 is 2.77 bits per heavy atom. The van der Waals surface area contributed by atoms with Gasteiger partial charge in [-0.15, -0.1) is 0 Å². The molecule has 0 amide bonds. The highest BCUT2D eigenvalue weighted by Gasteiger charge is 2.06. The lowest BCUT2D eigenvalue weighted by atomic mass is 10.1. The first-order valence-corrected chi connectivity index (χ1v) is 4.81. The van der Waals surface area contributed by atoms with Gasteiger partial charge in [0.05, 0.1) is 4.47 Å². The minimum Gasteiger partial charge on any atom is -0.508 e. The van der Waals surface area contributed by atoms with Gasteiger partial charge in [-0.05, 0) is 53.0 Å². The molecule has 3 N–H and O–H groups in total. The Bertz CT molecular complexity index is 304. The lowest BCUT2D eigenvalue weighted by Crippen LogP contribution is -2.00. The molecule has 72 valence electrons. The molecule has 0 atom stereocenters. The molecule has 0 aliphatic carbocycles. The van der Waals surface area contributed by atoms with E-state index in [1.54, 1.807) is 0 Å². The van der Waals surface area contributed by atoms with Crippen LogP contribution in [0.1, 0.15) is 12.0 Å². The zero-order valence-electron chi connectivity index (χ0n) is 7.06. The monoisotopic (exact) mass is 247 g/mol. The van der Waals surface area contributed by atoms with Gasteiger partial charge in [-0.2, -0.15) is 0 Å². The quantitative estimate of drug-likeness (QED) is 0.861. The second-order valence-electron chi connectivity index (χ2n) is 2.79. The maximum Gasteiger partial charge on any atom is 0.137 e. The molecule has 0 aliphatic rings. The Morgan fingerprint density at radius 1 is 1.46 bits per heavy atom. The van der Waals surface area contributed by atoms with Crippen molar-refractivity contribution in [2.45, 2.75) is 12.8 Å². The third-order valence-corrected chi connectivity index (χ3v) is 2.38. The summed E-state index contributed by atoms with van der Waals surface area (Å²) in [6.45, 7) is 0.539. The van der Waals surface area contributed by atoms with E-state index in [4.69, 9.17) is 5.73 Å². The SMILES string of the molecule is NCCCc1cc(F)c(Br)cc1O. The molecule has 0 heterocycles. The van der Waals surface area contributed by atoms with E-state index >= 15 is 0 Å². The second-order valence-corrected chi connectivity index (χ2v) is 3.64. The van der Waals surface area contributed by atoms with E-state index in [0.29, 0.717) is 18.5 Å². The summed E-state index contributed by atoms with van der Waals surface area (Å²) in [5, 5.41) is 9.40. The fourth-order valence-electron chi connectivity index (χ4n) is 1.07. The van der Waals surface area contributed by atoms with Crippen LogP contribution >= 0.6 is 15.9 Å². The van der Waals surface area contributed by atoms with Crippen LogP contribution in [-0.4, -0.2) is 11.7 Å². The van der Waals surface area contributed by atoms with Crippen molar-refractivity contribution in [3.05, 3.63) is 28.0 Å². The molecule has 0 aliphatic heterocycles. The Hall–Kier alpha value is -0.610. The van der Waals surface area contributed by atoms with Crippen molar-refractivity contribution in [1.82, 2.24) is 0 Å². The molecule has 0 fully saturated rings. The molecule has 0 saturated heterocycles. The number of benzene rings is 1. The maximum absolute atomic E-state index is 13.0. The van der Waals surface area contributed by atoms with Gasteiger partial charge in [0, 0.05) is 0 Å². The van der Waals surface area contributed by atoms with Crippen LogP contribution in [0.25, 0.3) is 0 Å². The van der Waals surface area contributed by atoms with Crippen LogP contribution in [0.3, 0.4) is 0 Å². The van der Waals surface area contributed by atoms with Crippen LogP contribution in [0, 0.1) is 5.82 Å². The van der Waals surface area contributed by atoms with E-state index in [0.717, 1.165) is 6.42 Å². The van der Waals surface area contributed by atoms with Gasteiger partial charge in [0.15, 0.2) is 0 Å². The molecule has 0 bridgehead atoms. The van der Waals surface area contributed by atoms with Crippen molar-refractivity contribution in [1.29, 1.82) is 0 Å². The van der Waals surface area contributed by atoms with Gasteiger partial charge < -0.3 is 10.8 Å². The average molecular weight is 248 g/mol. The van der Waals surface area contributed by atoms with Crippen molar-refractivity contribution in [2.75, 3.05) is 6.54 Å². The first-order valence-electron chi connectivity index (χ1n) is 4.02. The first-order chi connectivity index (χ1) is 6.15. The molecule has 4 heteroatoms. The fourth-order valence-corrected chi connectivity index (χ4v) is 1.40. The second kappa shape index (κ2) is 4.58. The number of halogens is 2. The van der Waals surface area contributed by atoms with E-state index < -0.39 is 0 Å². The van der Waals surface area contributed by atoms with Crippen molar-refractivity contribution in [3.8, 4) is 5.75 Å². The van der Waals surface area contributed by atoms with Gasteiger partial charge in [-0.1, -0.05) is 0 Å². The van der Waals surface area contributed by atoms with Crippen LogP contribution in [0.15, 0.2) is 16.6 Å². The van der Waals surface area contributed by atoms with Gasteiger partial charge in [0.25, 0.3) is 0 Å². The smallest absolute Gasteiger partial charge is 0.137 e. The normalized spacial score (nSPS) is 10.4. The minimum absolute atomic E-state index is 0.113. The fraction of sp³-hybridized carbons (Fsp3) is 0.333. The number of rotatable bonds is 3. The molecule has 0 unspecified atom stereocenters. The summed E-state index contributed by atoms with van der Waals surface area (Å²) in [4.78, 5) is 0. The van der Waals surface area contributed by atoms with Crippen LogP contribution in [0.4, 0.5) is 4.39 Å². The van der Waals surface area contributed by atoms with Crippen LogP contribution in [0.5, 0.6) is 5.75 Å². The highest BCUT2D eigenvalue weighted by atomic mass is 79.9. The highest BCUT2D eigenvalue weighted by molar-refractivity contribution is 9.10. The lowest BCUT2D eigenvalue weighted by Gasteiger charge is -2.04. The predicted octanol–water partition coefficient (Wildman–Crippen LogP) is 2.19. The number of phenols is 1. The van der Waals surface area contributed by atoms with E-state index in [9.17, 15) is 9.50 Å².